The third-order valence-corrected chi connectivity index (χ3v) is 16.1. The fourth-order valence-electron chi connectivity index (χ4n) is 10.7. The van der Waals surface area contributed by atoms with Crippen LogP contribution in [0, 0.1) is 0 Å². The molecule has 0 aliphatic rings. The summed E-state index contributed by atoms with van der Waals surface area (Å²) < 4.78 is 17.0. The van der Waals surface area contributed by atoms with Crippen LogP contribution in [0.3, 0.4) is 0 Å². The van der Waals surface area contributed by atoms with Crippen molar-refractivity contribution in [1.29, 1.82) is 0 Å². The van der Waals surface area contributed by atoms with Gasteiger partial charge in [-0.3, -0.25) is 14.4 Å². The highest BCUT2D eigenvalue weighted by molar-refractivity contribution is 5.71. The lowest BCUT2D eigenvalue weighted by Crippen LogP contribution is -2.30. The predicted octanol–water partition coefficient (Wildman–Crippen LogP) is 24.5. The van der Waals surface area contributed by atoms with E-state index >= 15 is 0 Å². The Morgan fingerprint density at radius 2 is 0.450 bits per heavy atom. The predicted molar refractivity (Wildman–Crippen MR) is 349 cm³/mol. The number of hydrogen-bond acceptors (Lipinski definition) is 6. The van der Waals surface area contributed by atoms with E-state index in [4.69, 9.17) is 14.2 Å². The number of allylic oxidation sites excluding steroid dienone is 8. The third-order valence-electron chi connectivity index (χ3n) is 16.1. The van der Waals surface area contributed by atoms with Crippen LogP contribution in [0.2, 0.25) is 0 Å². The van der Waals surface area contributed by atoms with Crippen molar-refractivity contribution in [3.8, 4) is 0 Å². The number of ether oxygens (including phenoxy) is 3. The number of rotatable bonds is 66. The fraction of sp³-hybridized carbons (Fsp3) is 0.851. The summed E-state index contributed by atoms with van der Waals surface area (Å²) in [6, 6.07) is 0. The molecule has 0 aromatic rings. The van der Waals surface area contributed by atoms with Gasteiger partial charge in [0.05, 0.1) is 0 Å². The van der Waals surface area contributed by atoms with E-state index in [0.717, 1.165) is 70.6 Å². The first-order valence-electron chi connectivity index (χ1n) is 35.6. The largest absolute Gasteiger partial charge is 0.462 e. The molecule has 1 unspecified atom stereocenters. The van der Waals surface area contributed by atoms with Gasteiger partial charge < -0.3 is 14.2 Å². The van der Waals surface area contributed by atoms with Gasteiger partial charge >= 0.3 is 17.9 Å². The molecule has 0 N–H and O–H groups in total. The van der Waals surface area contributed by atoms with Crippen LogP contribution < -0.4 is 0 Å². The molecule has 6 heteroatoms. The second kappa shape index (κ2) is 68.9. The zero-order valence-corrected chi connectivity index (χ0v) is 53.9. The van der Waals surface area contributed by atoms with Crippen molar-refractivity contribution in [2.75, 3.05) is 13.2 Å². The number of esters is 3. The average Bonchev–Trinajstić information content (AvgIpc) is 3.46. The van der Waals surface area contributed by atoms with Gasteiger partial charge in [-0.05, 0) is 83.5 Å². The van der Waals surface area contributed by atoms with Crippen molar-refractivity contribution in [1.82, 2.24) is 0 Å². The zero-order valence-electron chi connectivity index (χ0n) is 53.9. The van der Waals surface area contributed by atoms with Gasteiger partial charge in [0, 0.05) is 19.3 Å². The van der Waals surface area contributed by atoms with Gasteiger partial charge in [-0.2, -0.15) is 0 Å². The topological polar surface area (TPSA) is 78.9 Å². The molecule has 80 heavy (non-hydrogen) atoms. The highest BCUT2D eigenvalue weighted by Crippen LogP contribution is 2.18. The van der Waals surface area contributed by atoms with E-state index in [1.54, 1.807) is 0 Å². The summed E-state index contributed by atoms with van der Waals surface area (Å²) in [5.74, 6) is -0.847. The summed E-state index contributed by atoms with van der Waals surface area (Å²) in [5, 5.41) is 0. The Kier molecular flexibility index (Phi) is 66.6. The molecule has 6 nitrogen and oxygen atoms in total. The molecule has 0 aliphatic heterocycles. The molecular formula is C74H136O6. The lowest BCUT2D eigenvalue weighted by molar-refractivity contribution is -0.167. The monoisotopic (exact) mass is 1120 g/mol. The highest BCUT2D eigenvalue weighted by atomic mass is 16.6. The maximum Gasteiger partial charge on any atom is 0.306 e. The van der Waals surface area contributed by atoms with Crippen molar-refractivity contribution in [3.05, 3.63) is 48.6 Å². The van der Waals surface area contributed by atoms with Crippen LogP contribution in [0.25, 0.3) is 0 Å². The first kappa shape index (κ1) is 77.4. The van der Waals surface area contributed by atoms with E-state index in [2.05, 4.69) is 69.4 Å². The van der Waals surface area contributed by atoms with E-state index in [0.29, 0.717) is 19.3 Å². The molecule has 0 aliphatic carbocycles. The van der Waals surface area contributed by atoms with E-state index < -0.39 is 6.10 Å². The van der Waals surface area contributed by atoms with Crippen molar-refractivity contribution in [3.63, 3.8) is 0 Å². The standard InChI is InChI=1S/C74H136O6/c1-4-7-10-13-16-19-22-24-26-28-30-32-34-35-36-37-38-39-41-42-44-46-48-50-52-55-58-61-64-67-73(76)79-70-71(69-78-72(75)66-63-60-57-54-21-18-15-12-9-6-3)80-74(77)68-65-62-59-56-53-51-49-47-45-43-40-33-31-29-27-25-23-20-17-14-11-8-5-2/h22-25,28-31,71H,4-21,26-27,32-70H2,1-3H3/b24-22-,25-23-,30-28-,31-29-. The van der Waals surface area contributed by atoms with Crippen molar-refractivity contribution in [2.24, 2.45) is 0 Å². The summed E-state index contributed by atoms with van der Waals surface area (Å²) in [7, 11) is 0. The van der Waals surface area contributed by atoms with Crippen molar-refractivity contribution >= 4 is 17.9 Å². The van der Waals surface area contributed by atoms with Crippen LogP contribution in [0.4, 0.5) is 0 Å². The molecule has 0 fully saturated rings. The van der Waals surface area contributed by atoms with E-state index in [9.17, 15) is 14.4 Å². The van der Waals surface area contributed by atoms with Crippen LogP contribution in [0.1, 0.15) is 387 Å². The van der Waals surface area contributed by atoms with Gasteiger partial charge in [0.25, 0.3) is 0 Å². The number of carbonyl (C=O) groups is 3. The van der Waals surface area contributed by atoms with Gasteiger partial charge in [-0.25, -0.2) is 0 Å². The maximum atomic E-state index is 12.9. The van der Waals surface area contributed by atoms with Gasteiger partial charge in [0.15, 0.2) is 6.10 Å². The fourth-order valence-corrected chi connectivity index (χ4v) is 10.7. The molecule has 0 rings (SSSR count). The summed E-state index contributed by atoms with van der Waals surface area (Å²) in [4.78, 5) is 38.3. The molecule has 0 saturated heterocycles. The second-order valence-corrected chi connectivity index (χ2v) is 24.1. The minimum atomic E-state index is -0.771. The average molecular weight is 1120 g/mol. The van der Waals surface area contributed by atoms with Crippen LogP contribution in [-0.2, 0) is 28.6 Å². The number of unbranched alkanes of at least 4 members (excludes halogenated alkanes) is 47. The van der Waals surface area contributed by atoms with E-state index in [1.165, 1.54) is 276 Å². The second-order valence-electron chi connectivity index (χ2n) is 24.1. The first-order chi connectivity index (χ1) is 39.5. The van der Waals surface area contributed by atoms with Crippen LogP contribution in [0.5, 0.6) is 0 Å². The van der Waals surface area contributed by atoms with Crippen molar-refractivity contribution in [2.45, 2.75) is 393 Å². The minimum Gasteiger partial charge on any atom is -0.462 e. The van der Waals surface area contributed by atoms with E-state index in [1.807, 2.05) is 0 Å². The Balaban J connectivity index is 4.14. The van der Waals surface area contributed by atoms with Crippen LogP contribution >= 0.6 is 0 Å². The van der Waals surface area contributed by atoms with Gasteiger partial charge in [-0.1, -0.05) is 333 Å². The lowest BCUT2D eigenvalue weighted by atomic mass is 10.0. The lowest BCUT2D eigenvalue weighted by Gasteiger charge is -2.18. The zero-order chi connectivity index (χ0) is 57.8. The molecule has 0 saturated carbocycles. The molecule has 0 spiro atoms. The molecule has 0 bridgehead atoms. The molecule has 1 atom stereocenters. The van der Waals surface area contributed by atoms with Crippen molar-refractivity contribution < 1.29 is 28.6 Å². The smallest absolute Gasteiger partial charge is 0.306 e. The molecule has 0 aromatic carbocycles. The molecule has 0 aromatic heterocycles. The first-order valence-corrected chi connectivity index (χ1v) is 35.6. The summed E-state index contributed by atoms with van der Waals surface area (Å²) in [6.07, 6.45) is 87.2. The van der Waals surface area contributed by atoms with E-state index in [-0.39, 0.29) is 31.1 Å². The Labute approximate surface area is 498 Å². The number of carbonyl (C=O) groups excluding carboxylic acids is 3. The Bertz CT molecular complexity index is 1380. The van der Waals surface area contributed by atoms with Gasteiger partial charge in [0.2, 0.25) is 0 Å². The van der Waals surface area contributed by atoms with Crippen LogP contribution in [-0.4, -0.2) is 37.2 Å². The Morgan fingerprint density at radius 3 is 0.688 bits per heavy atom. The normalized spacial score (nSPS) is 12.3. The summed E-state index contributed by atoms with van der Waals surface area (Å²) in [6.45, 7) is 6.67. The SMILES string of the molecule is CCCCCCC/C=C\C/C=C\CCCCCCCCCCCCCCCCCCCC(=O)OCC(COC(=O)CCCCCCCCCCCC)OC(=O)CCCCCCCCCCCCC/C=C\C/C=C\CCCCCCC. The summed E-state index contributed by atoms with van der Waals surface area (Å²) in [5.41, 5.74) is 0. The molecule has 0 amide bonds. The maximum absolute atomic E-state index is 12.9. The van der Waals surface area contributed by atoms with Gasteiger partial charge in [0.1, 0.15) is 13.2 Å². The van der Waals surface area contributed by atoms with Crippen LogP contribution in [0.15, 0.2) is 48.6 Å². The van der Waals surface area contributed by atoms with Gasteiger partial charge in [-0.15, -0.1) is 0 Å². The third kappa shape index (κ3) is 66.2. The molecule has 0 radical (unpaired) electrons. The summed E-state index contributed by atoms with van der Waals surface area (Å²) >= 11 is 0. The molecular weight excluding hydrogens is 985 g/mol. The Morgan fingerprint density at radius 1 is 0.250 bits per heavy atom. The Hall–Kier alpha value is -2.63. The molecule has 0 heterocycles. The quantitative estimate of drug-likeness (QED) is 0.0261. The minimum absolute atomic E-state index is 0.0688. The number of hydrogen-bond donors (Lipinski definition) is 0. The molecule has 468 valence electrons. The highest BCUT2D eigenvalue weighted by Gasteiger charge is 2.19.